The number of carbonyl (C=O) groups is 2. The van der Waals surface area contributed by atoms with Gasteiger partial charge in [-0.2, -0.15) is 0 Å². The lowest BCUT2D eigenvalue weighted by atomic mass is 9.94. The van der Waals surface area contributed by atoms with Gasteiger partial charge in [-0.05, 0) is 42.3 Å². The third kappa shape index (κ3) is 3.74. The van der Waals surface area contributed by atoms with E-state index in [9.17, 15) is 14.7 Å². The number of hydrogen-bond donors (Lipinski definition) is 1. The molecule has 5 heteroatoms. The summed E-state index contributed by atoms with van der Waals surface area (Å²) in [5.41, 5.74) is 3.27. The molecule has 1 N–H and O–H groups in total. The zero-order valence-corrected chi connectivity index (χ0v) is 17.1. The lowest BCUT2D eigenvalue weighted by Crippen LogP contribution is -2.29. The van der Waals surface area contributed by atoms with Gasteiger partial charge in [0.05, 0.1) is 11.6 Å². The average molecular weight is 418 g/mol. The highest BCUT2D eigenvalue weighted by atomic mass is 35.5. The van der Waals surface area contributed by atoms with Crippen molar-refractivity contribution in [3.63, 3.8) is 0 Å². The Morgan fingerprint density at radius 1 is 0.933 bits per heavy atom. The van der Waals surface area contributed by atoms with E-state index in [0.717, 1.165) is 16.7 Å². The molecular weight excluding hydrogens is 398 g/mol. The molecule has 0 saturated carbocycles. The Balaban J connectivity index is 1.85. The van der Waals surface area contributed by atoms with Crippen LogP contribution in [0.4, 0.5) is 0 Å². The zero-order valence-electron chi connectivity index (χ0n) is 16.4. The van der Waals surface area contributed by atoms with Crippen molar-refractivity contribution in [2.45, 2.75) is 19.5 Å². The molecule has 150 valence electrons. The number of halogens is 1. The number of carbonyl (C=O) groups excluding carboxylic acids is 2. The zero-order chi connectivity index (χ0) is 21.3. The molecule has 3 aromatic rings. The molecule has 1 heterocycles. The molecule has 0 aromatic heterocycles. The van der Waals surface area contributed by atoms with Gasteiger partial charge in [-0.15, -0.1) is 0 Å². The van der Waals surface area contributed by atoms with Crippen LogP contribution in [0.1, 0.15) is 28.3 Å². The first-order valence-corrected chi connectivity index (χ1v) is 9.98. The molecule has 1 aliphatic rings. The number of Topliss-reactive ketones (excluding diaryl/α,β-unsaturated/α-hetero) is 1. The third-order valence-corrected chi connectivity index (χ3v) is 5.50. The smallest absolute Gasteiger partial charge is 0.295 e. The molecule has 3 aromatic carbocycles. The Hall–Kier alpha value is -3.37. The first-order chi connectivity index (χ1) is 14.5. The standard InChI is InChI=1S/C25H20ClNO3/c1-16-7-9-18(10-8-16)22-21(23(28)19-11-13-20(26)14-12-19)24(29)25(30)27(22)15-17-5-3-2-4-6-17/h2-14,22,28H,15H2,1H3/b23-21+. The number of likely N-dealkylation sites (tertiary alicyclic amines) is 1. The maximum atomic E-state index is 13.0. The summed E-state index contributed by atoms with van der Waals surface area (Å²) >= 11 is 5.95. The van der Waals surface area contributed by atoms with Crippen LogP contribution in [0, 0.1) is 6.92 Å². The van der Waals surface area contributed by atoms with Crippen molar-refractivity contribution in [1.29, 1.82) is 0 Å². The maximum Gasteiger partial charge on any atom is 0.295 e. The van der Waals surface area contributed by atoms with Crippen molar-refractivity contribution < 1.29 is 14.7 Å². The van der Waals surface area contributed by atoms with Crippen LogP contribution in [0.25, 0.3) is 5.76 Å². The molecule has 0 spiro atoms. The number of amides is 1. The van der Waals surface area contributed by atoms with Gasteiger partial charge in [-0.3, -0.25) is 9.59 Å². The summed E-state index contributed by atoms with van der Waals surface area (Å²) in [6, 6.07) is 23.0. The van der Waals surface area contributed by atoms with E-state index in [1.807, 2.05) is 61.5 Å². The topological polar surface area (TPSA) is 57.6 Å². The van der Waals surface area contributed by atoms with Crippen LogP contribution >= 0.6 is 11.6 Å². The largest absolute Gasteiger partial charge is 0.507 e. The van der Waals surface area contributed by atoms with Gasteiger partial charge in [0.15, 0.2) is 0 Å². The molecule has 1 fully saturated rings. The molecule has 1 atom stereocenters. The highest BCUT2D eigenvalue weighted by Crippen LogP contribution is 2.40. The van der Waals surface area contributed by atoms with Gasteiger partial charge >= 0.3 is 0 Å². The molecule has 1 unspecified atom stereocenters. The molecule has 30 heavy (non-hydrogen) atoms. The molecule has 1 amide bonds. The van der Waals surface area contributed by atoms with Crippen molar-refractivity contribution in [1.82, 2.24) is 4.90 Å². The number of nitrogens with zero attached hydrogens (tertiary/aromatic N) is 1. The molecule has 0 bridgehead atoms. The van der Waals surface area contributed by atoms with E-state index in [2.05, 4.69) is 0 Å². The first-order valence-electron chi connectivity index (χ1n) is 9.60. The van der Waals surface area contributed by atoms with Gasteiger partial charge in [-0.1, -0.05) is 71.8 Å². The minimum atomic E-state index is -0.691. The molecule has 4 nitrogen and oxygen atoms in total. The van der Waals surface area contributed by atoms with E-state index in [1.165, 1.54) is 4.90 Å². The fourth-order valence-corrected chi connectivity index (χ4v) is 3.81. The Labute approximate surface area is 180 Å². The molecule has 0 radical (unpaired) electrons. The highest BCUT2D eigenvalue weighted by molar-refractivity contribution is 6.46. The summed E-state index contributed by atoms with van der Waals surface area (Å²) in [6.45, 7) is 2.24. The second-order valence-corrected chi connectivity index (χ2v) is 7.77. The summed E-state index contributed by atoms with van der Waals surface area (Å²) in [4.78, 5) is 27.5. The second kappa shape index (κ2) is 8.17. The van der Waals surface area contributed by atoms with Crippen molar-refractivity contribution >= 4 is 29.1 Å². The highest BCUT2D eigenvalue weighted by Gasteiger charge is 2.46. The molecular formula is C25H20ClNO3. The van der Waals surface area contributed by atoms with E-state index in [-0.39, 0.29) is 17.9 Å². The van der Waals surface area contributed by atoms with Gasteiger partial charge in [0.1, 0.15) is 5.76 Å². The van der Waals surface area contributed by atoms with Crippen LogP contribution < -0.4 is 0 Å². The molecule has 4 rings (SSSR count). The Morgan fingerprint density at radius 3 is 2.20 bits per heavy atom. The van der Waals surface area contributed by atoms with E-state index >= 15 is 0 Å². The first kappa shape index (κ1) is 19.9. The van der Waals surface area contributed by atoms with Gasteiger partial charge in [0.25, 0.3) is 11.7 Å². The Morgan fingerprint density at radius 2 is 1.57 bits per heavy atom. The van der Waals surface area contributed by atoms with Gasteiger partial charge < -0.3 is 10.0 Å². The van der Waals surface area contributed by atoms with Crippen LogP contribution in [-0.2, 0) is 16.1 Å². The summed E-state index contributed by atoms with van der Waals surface area (Å²) < 4.78 is 0. The summed E-state index contributed by atoms with van der Waals surface area (Å²) in [5, 5.41) is 11.5. The SMILES string of the molecule is Cc1ccc(C2/C(=C(\O)c3ccc(Cl)cc3)C(=O)C(=O)N2Cc2ccccc2)cc1. The van der Waals surface area contributed by atoms with Gasteiger partial charge in [0.2, 0.25) is 0 Å². The van der Waals surface area contributed by atoms with E-state index in [4.69, 9.17) is 11.6 Å². The number of ketones is 1. The minimum Gasteiger partial charge on any atom is -0.507 e. The fourth-order valence-electron chi connectivity index (χ4n) is 3.68. The van der Waals surface area contributed by atoms with Crippen molar-refractivity contribution in [3.05, 3.63) is 112 Å². The maximum absolute atomic E-state index is 13.0. The minimum absolute atomic E-state index is 0.0853. The van der Waals surface area contributed by atoms with E-state index in [0.29, 0.717) is 10.6 Å². The van der Waals surface area contributed by atoms with Crippen LogP contribution in [-0.4, -0.2) is 21.7 Å². The Kier molecular flexibility index (Phi) is 5.42. The number of rotatable bonds is 4. The lowest BCUT2D eigenvalue weighted by Gasteiger charge is -2.25. The predicted octanol–water partition coefficient (Wildman–Crippen LogP) is 5.27. The second-order valence-electron chi connectivity index (χ2n) is 7.33. The van der Waals surface area contributed by atoms with Gasteiger partial charge in [0, 0.05) is 17.1 Å². The normalized spacial score (nSPS) is 18.1. The predicted molar refractivity (Wildman–Crippen MR) is 117 cm³/mol. The van der Waals surface area contributed by atoms with E-state index < -0.39 is 17.7 Å². The molecule has 0 aliphatic carbocycles. The monoisotopic (exact) mass is 417 g/mol. The van der Waals surface area contributed by atoms with Crippen molar-refractivity contribution in [3.8, 4) is 0 Å². The lowest BCUT2D eigenvalue weighted by molar-refractivity contribution is -0.140. The fraction of sp³-hybridized carbons (Fsp3) is 0.120. The summed E-state index contributed by atoms with van der Waals surface area (Å²) in [5.74, 6) is -1.52. The number of aryl methyl sites for hydroxylation is 1. The van der Waals surface area contributed by atoms with Crippen LogP contribution in [0.15, 0.2) is 84.4 Å². The number of benzene rings is 3. The number of aliphatic hydroxyl groups excluding tert-OH is 1. The average Bonchev–Trinajstić information content (AvgIpc) is 3.00. The molecule has 1 saturated heterocycles. The third-order valence-electron chi connectivity index (χ3n) is 5.25. The van der Waals surface area contributed by atoms with Gasteiger partial charge in [-0.25, -0.2) is 0 Å². The summed E-state index contributed by atoms with van der Waals surface area (Å²) in [6.07, 6.45) is 0. The van der Waals surface area contributed by atoms with Crippen molar-refractivity contribution in [2.24, 2.45) is 0 Å². The summed E-state index contributed by atoms with van der Waals surface area (Å²) in [7, 11) is 0. The van der Waals surface area contributed by atoms with Crippen molar-refractivity contribution in [2.75, 3.05) is 0 Å². The quantitative estimate of drug-likeness (QED) is 0.357. The number of aliphatic hydroxyl groups is 1. The van der Waals surface area contributed by atoms with Crippen LogP contribution in [0.3, 0.4) is 0 Å². The van der Waals surface area contributed by atoms with Crippen LogP contribution in [0.2, 0.25) is 5.02 Å². The Bertz CT molecular complexity index is 1120. The number of hydrogen-bond acceptors (Lipinski definition) is 3. The van der Waals surface area contributed by atoms with E-state index in [1.54, 1.807) is 24.3 Å². The molecule has 1 aliphatic heterocycles. The van der Waals surface area contributed by atoms with Crippen LogP contribution in [0.5, 0.6) is 0 Å².